The lowest BCUT2D eigenvalue weighted by Gasteiger charge is -2.16. The largest absolute Gasteiger partial charge is 0.271 e. The SMILES string of the molecule is NNC(c1cc2c(s1)CCCCC2)c1ccccc1Cl. The second-order valence-corrected chi connectivity index (χ2v) is 6.85. The van der Waals surface area contributed by atoms with Crippen molar-refractivity contribution < 1.29 is 0 Å². The number of hydrazine groups is 1. The van der Waals surface area contributed by atoms with Gasteiger partial charge in [0, 0.05) is 14.8 Å². The van der Waals surface area contributed by atoms with Gasteiger partial charge in [0.25, 0.3) is 0 Å². The summed E-state index contributed by atoms with van der Waals surface area (Å²) >= 11 is 8.19. The molecular formula is C16H19ClN2S. The van der Waals surface area contributed by atoms with Crippen LogP contribution in [0.15, 0.2) is 30.3 Å². The van der Waals surface area contributed by atoms with Crippen LogP contribution in [0.25, 0.3) is 0 Å². The summed E-state index contributed by atoms with van der Waals surface area (Å²) in [7, 11) is 0. The minimum Gasteiger partial charge on any atom is -0.271 e. The molecule has 20 heavy (non-hydrogen) atoms. The average Bonchev–Trinajstić information content (AvgIpc) is 2.72. The van der Waals surface area contributed by atoms with E-state index in [-0.39, 0.29) is 6.04 Å². The molecule has 1 atom stereocenters. The number of thiophene rings is 1. The number of nitrogens with two attached hydrogens (primary N) is 1. The van der Waals surface area contributed by atoms with Crippen LogP contribution in [0.1, 0.15) is 46.2 Å². The van der Waals surface area contributed by atoms with E-state index in [0.29, 0.717) is 0 Å². The first-order valence-corrected chi connectivity index (χ1v) is 8.31. The van der Waals surface area contributed by atoms with Gasteiger partial charge in [0.15, 0.2) is 0 Å². The molecule has 3 rings (SSSR count). The summed E-state index contributed by atoms with van der Waals surface area (Å²) in [5.74, 6) is 5.79. The van der Waals surface area contributed by atoms with Gasteiger partial charge in [-0.25, -0.2) is 5.43 Å². The lowest BCUT2D eigenvalue weighted by atomic mass is 10.0. The maximum absolute atomic E-state index is 6.31. The van der Waals surface area contributed by atoms with Crippen LogP contribution in [-0.4, -0.2) is 0 Å². The number of aryl methyl sites for hydroxylation is 2. The van der Waals surface area contributed by atoms with Crippen molar-refractivity contribution in [2.24, 2.45) is 5.84 Å². The third-order valence-electron chi connectivity index (χ3n) is 3.93. The highest BCUT2D eigenvalue weighted by Crippen LogP contribution is 2.36. The van der Waals surface area contributed by atoms with Gasteiger partial charge in [-0.15, -0.1) is 11.3 Å². The quantitative estimate of drug-likeness (QED) is 0.506. The molecule has 1 aromatic carbocycles. The van der Waals surface area contributed by atoms with Crippen LogP contribution in [0.4, 0.5) is 0 Å². The Morgan fingerprint density at radius 2 is 1.95 bits per heavy atom. The summed E-state index contributed by atoms with van der Waals surface area (Å²) in [5, 5.41) is 0.763. The zero-order valence-corrected chi connectivity index (χ0v) is 12.9. The van der Waals surface area contributed by atoms with E-state index in [1.54, 1.807) is 0 Å². The summed E-state index contributed by atoms with van der Waals surface area (Å²) in [6.45, 7) is 0. The van der Waals surface area contributed by atoms with Crippen molar-refractivity contribution >= 4 is 22.9 Å². The van der Waals surface area contributed by atoms with E-state index >= 15 is 0 Å². The number of rotatable bonds is 3. The Balaban J connectivity index is 1.96. The molecule has 0 amide bonds. The van der Waals surface area contributed by atoms with Crippen LogP contribution in [0.2, 0.25) is 5.02 Å². The Morgan fingerprint density at radius 3 is 2.75 bits per heavy atom. The van der Waals surface area contributed by atoms with Crippen molar-refractivity contribution in [3.8, 4) is 0 Å². The summed E-state index contributed by atoms with van der Waals surface area (Å²) in [6.07, 6.45) is 6.36. The topological polar surface area (TPSA) is 38.0 Å². The molecule has 0 fully saturated rings. The number of nitrogens with one attached hydrogen (secondary N) is 1. The van der Waals surface area contributed by atoms with Gasteiger partial charge < -0.3 is 0 Å². The van der Waals surface area contributed by atoms with Crippen LogP contribution >= 0.6 is 22.9 Å². The first-order valence-electron chi connectivity index (χ1n) is 7.11. The predicted molar refractivity (Wildman–Crippen MR) is 86.2 cm³/mol. The van der Waals surface area contributed by atoms with Crippen LogP contribution in [0, 0.1) is 0 Å². The van der Waals surface area contributed by atoms with E-state index < -0.39 is 0 Å². The first-order chi connectivity index (χ1) is 9.79. The van der Waals surface area contributed by atoms with Gasteiger partial charge in [0.05, 0.1) is 6.04 Å². The summed E-state index contributed by atoms with van der Waals surface area (Å²) in [4.78, 5) is 2.80. The van der Waals surface area contributed by atoms with Gasteiger partial charge in [-0.2, -0.15) is 0 Å². The normalized spacial score (nSPS) is 16.5. The second kappa shape index (κ2) is 6.27. The smallest absolute Gasteiger partial charge is 0.0817 e. The summed E-state index contributed by atoms with van der Waals surface area (Å²) < 4.78 is 0. The Hall–Kier alpha value is -0.870. The predicted octanol–water partition coefficient (Wildman–Crippen LogP) is 4.22. The Kier molecular flexibility index (Phi) is 4.41. The zero-order chi connectivity index (χ0) is 13.9. The molecule has 4 heteroatoms. The summed E-state index contributed by atoms with van der Waals surface area (Å²) in [6, 6.07) is 10.2. The van der Waals surface area contributed by atoms with E-state index in [1.807, 2.05) is 35.6 Å². The molecule has 0 bridgehead atoms. The Bertz CT molecular complexity index is 570. The van der Waals surface area contributed by atoms with Crippen LogP contribution in [-0.2, 0) is 12.8 Å². The molecule has 1 aliphatic carbocycles. The molecule has 1 unspecified atom stereocenters. The van der Waals surface area contributed by atoms with Crippen molar-refractivity contribution in [2.75, 3.05) is 0 Å². The highest BCUT2D eigenvalue weighted by atomic mass is 35.5. The van der Waals surface area contributed by atoms with Crippen molar-refractivity contribution in [1.29, 1.82) is 0 Å². The van der Waals surface area contributed by atoms with Gasteiger partial charge in [0.1, 0.15) is 0 Å². The van der Waals surface area contributed by atoms with E-state index in [9.17, 15) is 0 Å². The van der Waals surface area contributed by atoms with Gasteiger partial charge in [-0.1, -0.05) is 36.2 Å². The molecule has 1 heterocycles. The van der Waals surface area contributed by atoms with Crippen molar-refractivity contribution in [3.05, 3.63) is 56.2 Å². The number of benzene rings is 1. The minimum atomic E-state index is -0.0133. The molecule has 2 nitrogen and oxygen atoms in total. The summed E-state index contributed by atoms with van der Waals surface area (Å²) in [5.41, 5.74) is 5.48. The van der Waals surface area contributed by atoms with E-state index in [0.717, 1.165) is 10.6 Å². The standard InChI is InChI=1S/C16H19ClN2S/c17-13-8-5-4-7-12(13)16(19-18)15-10-11-6-2-1-3-9-14(11)20-15/h4-5,7-8,10,16,19H,1-3,6,9,18H2. The maximum atomic E-state index is 6.31. The van der Waals surface area contributed by atoms with Gasteiger partial charge in [-0.05, 0) is 48.9 Å². The Morgan fingerprint density at radius 1 is 1.15 bits per heavy atom. The van der Waals surface area contributed by atoms with Gasteiger partial charge in [-0.3, -0.25) is 5.84 Å². The molecular weight excluding hydrogens is 288 g/mol. The van der Waals surface area contributed by atoms with Gasteiger partial charge in [0.2, 0.25) is 0 Å². The van der Waals surface area contributed by atoms with Crippen molar-refractivity contribution in [2.45, 2.75) is 38.1 Å². The van der Waals surface area contributed by atoms with Crippen molar-refractivity contribution in [1.82, 2.24) is 5.43 Å². The van der Waals surface area contributed by atoms with Gasteiger partial charge >= 0.3 is 0 Å². The third kappa shape index (κ3) is 2.77. The molecule has 1 aliphatic rings. The highest BCUT2D eigenvalue weighted by molar-refractivity contribution is 7.12. The van der Waals surface area contributed by atoms with E-state index in [1.165, 1.54) is 47.4 Å². The molecule has 1 aromatic heterocycles. The lowest BCUT2D eigenvalue weighted by Crippen LogP contribution is -2.28. The maximum Gasteiger partial charge on any atom is 0.0817 e. The number of hydrogen-bond acceptors (Lipinski definition) is 3. The minimum absolute atomic E-state index is 0.0133. The molecule has 0 radical (unpaired) electrons. The number of halogens is 1. The second-order valence-electron chi connectivity index (χ2n) is 5.28. The van der Waals surface area contributed by atoms with Crippen LogP contribution < -0.4 is 11.3 Å². The fourth-order valence-electron chi connectivity index (χ4n) is 2.87. The van der Waals surface area contributed by atoms with Crippen LogP contribution in [0.3, 0.4) is 0 Å². The molecule has 106 valence electrons. The van der Waals surface area contributed by atoms with Crippen LogP contribution in [0.5, 0.6) is 0 Å². The molecule has 0 spiro atoms. The molecule has 0 saturated carbocycles. The van der Waals surface area contributed by atoms with E-state index in [4.69, 9.17) is 17.4 Å². The Labute approximate surface area is 128 Å². The molecule has 0 saturated heterocycles. The molecule has 2 aromatic rings. The third-order valence-corrected chi connectivity index (χ3v) is 5.58. The van der Waals surface area contributed by atoms with Crippen molar-refractivity contribution in [3.63, 3.8) is 0 Å². The fraction of sp³-hybridized carbons (Fsp3) is 0.375. The lowest BCUT2D eigenvalue weighted by molar-refractivity contribution is 0.645. The number of hydrogen-bond donors (Lipinski definition) is 2. The highest BCUT2D eigenvalue weighted by Gasteiger charge is 2.20. The first kappa shape index (κ1) is 14.1. The van der Waals surface area contributed by atoms with E-state index in [2.05, 4.69) is 11.5 Å². The molecule has 3 N–H and O–H groups in total. The average molecular weight is 307 g/mol. The zero-order valence-electron chi connectivity index (χ0n) is 11.4. The molecule has 0 aliphatic heterocycles. The number of fused-ring (bicyclic) bond motifs is 1. The monoisotopic (exact) mass is 306 g/mol. The fourth-order valence-corrected chi connectivity index (χ4v) is 4.45.